The number of fused-ring (bicyclic) bond motifs is 2. The fourth-order valence-corrected chi connectivity index (χ4v) is 3.66. The van der Waals surface area contributed by atoms with Crippen molar-refractivity contribution in [1.82, 2.24) is 0 Å². The highest BCUT2D eigenvalue weighted by Crippen LogP contribution is 2.47. The van der Waals surface area contributed by atoms with Crippen LogP contribution in [0.5, 0.6) is 0 Å². The lowest BCUT2D eigenvalue weighted by Crippen LogP contribution is -2.63. The summed E-state index contributed by atoms with van der Waals surface area (Å²) in [4.78, 5) is 24.0. The van der Waals surface area contributed by atoms with Crippen LogP contribution in [0, 0.1) is 0 Å². The molecule has 120 valence electrons. The number of ether oxygens (including phenoxy) is 5. The molecule has 1 aliphatic carbocycles. The molecule has 3 rings (SSSR count). The van der Waals surface area contributed by atoms with E-state index < -0.39 is 24.0 Å². The molecule has 0 amide bonds. The van der Waals surface area contributed by atoms with Crippen LogP contribution in [-0.4, -0.2) is 50.6 Å². The number of carbonyl (C=O) groups excluding carboxylic acids is 2. The number of halogens is 1. The Morgan fingerprint density at radius 3 is 2.77 bits per heavy atom. The van der Waals surface area contributed by atoms with Gasteiger partial charge in [-0.1, -0.05) is 0 Å². The van der Waals surface area contributed by atoms with Crippen molar-refractivity contribution in [2.24, 2.45) is 0 Å². The van der Waals surface area contributed by atoms with Crippen molar-refractivity contribution in [1.29, 1.82) is 0 Å². The number of rotatable bonds is 2. The summed E-state index contributed by atoms with van der Waals surface area (Å²) in [5, 5.41) is 0. The van der Waals surface area contributed by atoms with Gasteiger partial charge in [-0.2, -0.15) is 0 Å². The number of hydrogen-bond acceptors (Lipinski definition) is 7. The SMILES string of the molecule is COC1=CC(=O)C(Br)=C(OC)C12OC(=O)OC1CCCOC12. The van der Waals surface area contributed by atoms with E-state index in [1.165, 1.54) is 20.3 Å². The highest BCUT2D eigenvalue weighted by molar-refractivity contribution is 9.12. The van der Waals surface area contributed by atoms with Gasteiger partial charge in [0, 0.05) is 12.7 Å². The largest absolute Gasteiger partial charge is 0.510 e. The number of ketones is 1. The van der Waals surface area contributed by atoms with Gasteiger partial charge in [0.05, 0.1) is 14.2 Å². The maximum absolute atomic E-state index is 12.0. The molecule has 0 radical (unpaired) electrons. The second-order valence-corrected chi connectivity index (χ2v) is 5.89. The van der Waals surface area contributed by atoms with E-state index in [2.05, 4.69) is 15.9 Å². The Balaban J connectivity index is 2.18. The third-order valence-corrected chi connectivity index (χ3v) is 4.72. The molecule has 0 saturated carbocycles. The van der Waals surface area contributed by atoms with Crippen molar-refractivity contribution in [3.05, 3.63) is 22.1 Å². The lowest BCUT2D eigenvalue weighted by Gasteiger charge is -2.48. The van der Waals surface area contributed by atoms with Crippen LogP contribution in [0.4, 0.5) is 4.79 Å². The first-order valence-corrected chi connectivity index (χ1v) is 7.60. The molecule has 0 aromatic heterocycles. The van der Waals surface area contributed by atoms with Gasteiger partial charge in [0.15, 0.2) is 17.3 Å². The minimum absolute atomic E-state index is 0.144. The second kappa shape index (κ2) is 5.58. The predicted octanol–water partition coefficient (Wildman–Crippen LogP) is 1.81. The van der Waals surface area contributed by atoms with Crippen LogP contribution < -0.4 is 0 Å². The Morgan fingerprint density at radius 2 is 2.09 bits per heavy atom. The van der Waals surface area contributed by atoms with Crippen LogP contribution in [0.1, 0.15) is 12.8 Å². The molecular formula is C14H15BrO7. The van der Waals surface area contributed by atoms with Gasteiger partial charge in [-0.15, -0.1) is 0 Å². The highest BCUT2D eigenvalue weighted by Gasteiger charge is 2.63. The third-order valence-electron chi connectivity index (χ3n) is 3.97. The summed E-state index contributed by atoms with van der Waals surface area (Å²) < 4.78 is 27.4. The first kappa shape index (κ1) is 15.4. The van der Waals surface area contributed by atoms with E-state index in [0.29, 0.717) is 13.0 Å². The average molecular weight is 375 g/mol. The molecule has 2 saturated heterocycles. The van der Waals surface area contributed by atoms with Gasteiger partial charge in [-0.05, 0) is 28.8 Å². The zero-order chi connectivity index (χ0) is 15.9. The number of allylic oxidation sites excluding steroid dienone is 2. The van der Waals surface area contributed by atoms with Crippen LogP contribution in [-0.2, 0) is 28.5 Å². The van der Waals surface area contributed by atoms with E-state index in [1.807, 2.05) is 0 Å². The van der Waals surface area contributed by atoms with E-state index >= 15 is 0 Å². The van der Waals surface area contributed by atoms with Gasteiger partial charge in [0.25, 0.3) is 5.60 Å². The van der Waals surface area contributed by atoms with Crippen molar-refractivity contribution in [2.45, 2.75) is 30.7 Å². The van der Waals surface area contributed by atoms with Crippen molar-refractivity contribution >= 4 is 27.9 Å². The van der Waals surface area contributed by atoms with Gasteiger partial charge in [0.2, 0.25) is 0 Å². The van der Waals surface area contributed by atoms with Crippen molar-refractivity contribution in [3.8, 4) is 0 Å². The molecule has 0 aromatic carbocycles. The molecule has 1 spiro atoms. The van der Waals surface area contributed by atoms with Crippen LogP contribution in [0.2, 0.25) is 0 Å². The summed E-state index contributed by atoms with van der Waals surface area (Å²) in [5.74, 6) is -0.0364. The third kappa shape index (κ3) is 2.04. The van der Waals surface area contributed by atoms with Crippen LogP contribution >= 0.6 is 15.9 Å². The summed E-state index contributed by atoms with van der Waals surface area (Å²) in [6.07, 6.45) is 0.677. The molecule has 7 nitrogen and oxygen atoms in total. The minimum atomic E-state index is -1.46. The number of methoxy groups -OCH3 is 2. The molecule has 22 heavy (non-hydrogen) atoms. The molecule has 2 aliphatic heterocycles. The van der Waals surface area contributed by atoms with E-state index in [0.717, 1.165) is 6.42 Å². The molecule has 0 N–H and O–H groups in total. The van der Waals surface area contributed by atoms with E-state index in [4.69, 9.17) is 23.7 Å². The summed E-state index contributed by atoms with van der Waals surface area (Å²) >= 11 is 3.20. The van der Waals surface area contributed by atoms with Crippen molar-refractivity contribution in [2.75, 3.05) is 20.8 Å². The van der Waals surface area contributed by atoms with E-state index in [-0.39, 0.29) is 21.8 Å². The molecule has 2 heterocycles. The Morgan fingerprint density at radius 1 is 1.32 bits per heavy atom. The molecule has 3 unspecified atom stereocenters. The Hall–Kier alpha value is -1.54. The first-order valence-electron chi connectivity index (χ1n) is 6.80. The zero-order valence-electron chi connectivity index (χ0n) is 12.1. The standard InChI is InChI=1S/C14H15BrO7/c1-18-9-6-7(16)10(15)12(19-2)14(9)11-8(4-3-5-20-11)21-13(17)22-14/h6,8,11H,3-5H2,1-2H3. The summed E-state index contributed by atoms with van der Waals surface area (Å²) in [5.41, 5.74) is -1.46. The number of carbonyl (C=O) groups is 2. The van der Waals surface area contributed by atoms with Gasteiger partial charge in [-0.3, -0.25) is 4.79 Å². The Bertz CT molecular complexity index is 582. The maximum atomic E-state index is 12.0. The lowest BCUT2D eigenvalue weighted by molar-refractivity contribution is -0.219. The average Bonchev–Trinajstić information content (AvgIpc) is 2.51. The normalized spacial score (nSPS) is 34.6. The van der Waals surface area contributed by atoms with Gasteiger partial charge >= 0.3 is 6.16 Å². The van der Waals surface area contributed by atoms with Crippen LogP contribution in [0.25, 0.3) is 0 Å². The minimum Gasteiger partial charge on any atom is -0.496 e. The summed E-state index contributed by atoms with van der Waals surface area (Å²) in [6.45, 7) is 0.489. The van der Waals surface area contributed by atoms with Gasteiger partial charge in [0.1, 0.15) is 16.7 Å². The monoisotopic (exact) mass is 374 g/mol. The number of hydrogen-bond donors (Lipinski definition) is 0. The maximum Gasteiger partial charge on any atom is 0.510 e. The highest BCUT2D eigenvalue weighted by atomic mass is 79.9. The molecule has 3 atom stereocenters. The van der Waals surface area contributed by atoms with Gasteiger partial charge in [-0.25, -0.2) is 4.79 Å². The summed E-state index contributed by atoms with van der Waals surface area (Å²) in [7, 11) is 2.79. The Labute approximate surface area is 135 Å². The molecule has 0 aromatic rings. The topological polar surface area (TPSA) is 80.3 Å². The van der Waals surface area contributed by atoms with E-state index in [9.17, 15) is 9.59 Å². The Kier molecular flexibility index (Phi) is 3.90. The van der Waals surface area contributed by atoms with Crippen molar-refractivity contribution < 1.29 is 33.3 Å². The predicted molar refractivity (Wildman–Crippen MR) is 76.1 cm³/mol. The van der Waals surface area contributed by atoms with Crippen LogP contribution in [0.3, 0.4) is 0 Å². The summed E-state index contributed by atoms with van der Waals surface area (Å²) in [6, 6.07) is 0. The quantitative estimate of drug-likeness (QED) is 0.681. The van der Waals surface area contributed by atoms with Crippen LogP contribution in [0.15, 0.2) is 22.1 Å². The molecule has 8 heteroatoms. The molecule has 3 aliphatic rings. The molecule has 0 bridgehead atoms. The van der Waals surface area contributed by atoms with E-state index in [1.54, 1.807) is 0 Å². The molecular weight excluding hydrogens is 360 g/mol. The fourth-order valence-electron chi connectivity index (χ4n) is 3.08. The molecule has 2 fully saturated rings. The first-order chi connectivity index (χ1) is 10.5. The zero-order valence-corrected chi connectivity index (χ0v) is 13.7. The van der Waals surface area contributed by atoms with Gasteiger partial charge < -0.3 is 23.7 Å². The fraction of sp³-hybridized carbons (Fsp3) is 0.571. The lowest BCUT2D eigenvalue weighted by atomic mass is 9.81. The van der Waals surface area contributed by atoms with Crippen molar-refractivity contribution in [3.63, 3.8) is 0 Å². The smallest absolute Gasteiger partial charge is 0.496 e. The second-order valence-electron chi connectivity index (χ2n) is 5.10.